The molecule has 3 aromatic carbocycles. The lowest BCUT2D eigenvalue weighted by Crippen LogP contribution is -2.24. The summed E-state index contributed by atoms with van der Waals surface area (Å²) in [5, 5.41) is 2.00. The fourth-order valence-corrected chi connectivity index (χ4v) is 4.02. The van der Waals surface area contributed by atoms with Gasteiger partial charge in [-0.2, -0.15) is 0 Å². The van der Waals surface area contributed by atoms with Gasteiger partial charge in [-0.1, -0.05) is 30.3 Å². The maximum absolute atomic E-state index is 12.6. The zero-order valence-electron chi connectivity index (χ0n) is 15.7. The van der Waals surface area contributed by atoms with Crippen molar-refractivity contribution in [1.82, 2.24) is 4.31 Å². The Bertz CT molecular complexity index is 1130. The summed E-state index contributed by atoms with van der Waals surface area (Å²) < 4.78 is 31.7. The molecule has 0 aromatic heterocycles. The average molecular weight is 383 g/mol. The number of hydrogen-bond donors (Lipinski definition) is 0. The Labute approximate surface area is 159 Å². The molecule has 0 amide bonds. The van der Waals surface area contributed by atoms with E-state index in [2.05, 4.69) is 0 Å². The fraction of sp³-hybridized carbons (Fsp3) is 0.190. The fourth-order valence-electron chi connectivity index (χ4n) is 2.81. The number of rotatable bonds is 4. The predicted octanol–water partition coefficient (Wildman–Crippen LogP) is 3.93. The van der Waals surface area contributed by atoms with E-state index in [1.807, 2.05) is 30.3 Å². The highest BCUT2D eigenvalue weighted by Gasteiger charge is 2.23. The number of benzene rings is 3. The van der Waals surface area contributed by atoms with E-state index in [1.54, 1.807) is 32.0 Å². The third-order valence-corrected chi connectivity index (χ3v) is 6.49. The summed E-state index contributed by atoms with van der Waals surface area (Å²) in [6.07, 6.45) is 0. The normalized spacial score (nSPS) is 11.7. The van der Waals surface area contributed by atoms with Crippen LogP contribution < -0.4 is 4.74 Å². The number of ether oxygens (including phenoxy) is 1. The van der Waals surface area contributed by atoms with Crippen molar-refractivity contribution in [3.8, 4) is 5.75 Å². The van der Waals surface area contributed by atoms with Crippen molar-refractivity contribution >= 4 is 26.8 Å². The Morgan fingerprint density at radius 3 is 2.26 bits per heavy atom. The minimum Gasteiger partial charge on any atom is -0.423 e. The molecule has 0 heterocycles. The van der Waals surface area contributed by atoms with Crippen LogP contribution in [0.25, 0.3) is 10.8 Å². The van der Waals surface area contributed by atoms with Crippen LogP contribution in [0.4, 0.5) is 0 Å². The Kier molecular flexibility index (Phi) is 5.04. The minimum absolute atomic E-state index is 0.109. The van der Waals surface area contributed by atoms with Gasteiger partial charge in [0, 0.05) is 14.1 Å². The smallest absolute Gasteiger partial charge is 0.343 e. The largest absolute Gasteiger partial charge is 0.423 e. The van der Waals surface area contributed by atoms with Crippen LogP contribution in [-0.4, -0.2) is 32.8 Å². The van der Waals surface area contributed by atoms with Gasteiger partial charge in [-0.05, 0) is 60.0 Å². The molecule has 0 fully saturated rings. The second-order valence-corrected chi connectivity index (χ2v) is 8.72. The molecule has 0 bridgehead atoms. The zero-order chi connectivity index (χ0) is 19.8. The van der Waals surface area contributed by atoms with E-state index in [0.717, 1.165) is 15.1 Å². The monoisotopic (exact) mass is 383 g/mol. The third kappa shape index (κ3) is 3.72. The van der Waals surface area contributed by atoms with Crippen LogP contribution in [0.15, 0.2) is 59.5 Å². The van der Waals surface area contributed by atoms with Crippen LogP contribution in [0, 0.1) is 13.8 Å². The Hall–Kier alpha value is -2.70. The molecule has 0 aliphatic rings. The average Bonchev–Trinajstić information content (AvgIpc) is 2.63. The molecule has 0 saturated carbocycles. The number of carbonyl (C=O) groups excluding carboxylic acids is 1. The maximum atomic E-state index is 12.6. The molecule has 0 aliphatic heterocycles. The van der Waals surface area contributed by atoms with E-state index >= 15 is 0 Å². The van der Waals surface area contributed by atoms with Gasteiger partial charge in [0.2, 0.25) is 10.0 Å². The van der Waals surface area contributed by atoms with E-state index in [1.165, 1.54) is 20.2 Å². The highest BCUT2D eigenvalue weighted by atomic mass is 32.2. The second-order valence-electron chi connectivity index (χ2n) is 6.60. The number of carbonyl (C=O) groups is 1. The lowest BCUT2D eigenvalue weighted by atomic mass is 10.1. The summed E-state index contributed by atoms with van der Waals surface area (Å²) in [7, 11) is -0.737. The molecule has 0 unspecified atom stereocenters. The topological polar surface area (TPSA) is 63.7 Å². The van der Waals surface area contributed by atoms with Crippen LogP contribution in [0.2, 0.25) is 0 Å². The van der Waals surface area contributed by atoms with Crippen molar-refractivity contribution in [2.24, 2.45) is 0 Å². The molecule has 0 saturated heterocycles. The lowest BCUT2D eigenvalue weighted by Gasteiger charge is -2.16. The SMILES string of the molecule is Cc1cc(C(=O)Oc2ccc3ccccc3c2)cc(S(=O)(=O)N(C)C)c1C. The van der Waals surface area contributed by atoms with Gasteiger partial charge in [0.1, 0.15) is 5.75 Å². The van der Waals surface area contributed by atoms with E-state index in [0.29, 0.717) is 16.9 Å². The molecule has 140 valence electrons. The molecular formula is C21H21NO4S. The maximum Gasteiger partial charge on any atom is 0.343 e. The van der Waals surface area contributed by atoms with Gasteiger partial charge in [0.25, 0.3) is 0 Å². The molecule has 3 rings (SSSR count). The first kappa shape index (κ1) is 19.1. The lowest BCUT2D eigenvalue weighted by molar-refractivity contribution is 0.0734. The Balaban J connectivity index is 1.98. The van der Waals surface area contributed by atoms with E-state index < -0.39 is 16.0 Å². The molecule has 27 heavy (non-hydrogen) atoms. The highest BCUT2D eigenvalue weighted by molar-refractivity contribution is 7.89. The summed E-state index contributed by atoms with van der Waals surface area (Å²) in [4.78, 5) is 12.7. The van der Waals surface area contributed by atoms with E-state index in [9.17, 15) is 13.2 Å². The van der Waals surface area contributed by atoms with Crippen LogP contribution >= 0.6 is 0 Å². The number of aryl methyl sites for hydroxylation is 1. The van der Waals surface area contributed by atoms with E-state index in [4.69, 9.17) is 4.74 Å². The van der Waals surface area contributed by atoms with Crippen LogP contribution in [-0.2, 0) is 10.0 Å². The van der Waals surface area contributed by atoms with Gasteiger partial charge < -0.3 is 4.74 Å². The quantitative estimate of drug-likeness (QED) is 0.506. The highest BCUT2D eigenvalue weighted by Crippen LogP contribution is 2.25. The summed E-state index contributed by atoms with van der Waals surface area (Å²) in [5.41, 5.74) is 1.53. The first-order chi connectivity index (χ1) is 12.7. The number of sulfonamides is 1. The Morgan fingerprint density at radius 2 is 1.59 bits per heavy atom. The first-order valence-electron chi connectivity index (χ1n) is 8.45. The summed E-state index contributed by atoms with van der Waals surface area (Å²) >= 11 is 0. The van der Waals surface area contributed by atoms with Crippen molar-refractivity contribution in [3.05, 3.63) is 71.3 Å². The molecule has 5 nitrogen and oxygen atoms in total. The van der Waals surface area contributed by atoms with Gasteiger partial charge in [-0.3, -0.25) is 0 Å². The zero-order valence-corrected chi connectivity index (χ0v) is 16.5. The third-order valence-electron chi connectivity index (χ3n) is 4.55. The molecule has 0 atom stereocenters. The summed E-state index contributed by atoms with van der Waals surface area (Å²) in [6, 6.07) is 16.2. The van der Waals surface area contributed by atoms with Crippen LogP contribution in [0.5, 0.6) is 5.75 Å². The van der Waals surface area contributed by atoms with Crippen molar-refractivity contribution in [2.75, 3.05) is 14.1 Å². The second kappa shape index (κ2) is 7.13. The minimum atomic E-state index is -3.66. The van der Waals surface area contributed by atoms with Gasteiger partial charge in [-0.25, -0.2) is 17.5 Å². The van der Waals surface area contributed by atoms with Gasteiger partial charge in [-0.15, -0.1) is 0 Å². The predicted molar refractivity (Wildman–Crippen MR) is 106 cm³/mol. The molecule has 3 aromatic rings. The van der Waals surface area contributed by atoms with Crippen molar-refractivity contribution in [2.45, 2.75) is 18.7 Å². The molecule has 0 N–H and O–H groups in total. The molecule has 0 radical (unpaired) electrons. The van der Waals surface area contributed by atoms with Crippen molar-refractivity contribution < 1.29 is 17.9 Å². The standard InChI is InChI=1S/C21H21NO4S/c1-14-11-18(13-20(15(14)2)27(24,25)22(3)4)21(23)26-19-10-9-16-7-5-6-8-17(16)12-19/h5-13H,1-4H3. The van der Waals surface area contributed by atoms with Crippen molar-refractivity contribution in [3.63, 3.8) is 0 Å². The van der Waals surface area contributed by atoms with Gasteiger partial charge in [0.15, 0.2) is 0 Å². The number of hydrogen-bond acceptors (Lipinski definition) is 4. The number of esters is 1. The molecule has 0 spiro atoms. The number of nitrogens with zero attached hydrogens (tertiary/aromatic N) is 1. The van der Waals surface area contributed by atoms with Crippen LogP contribution in [0.1, 0.15) is 21.5 Å². The molecule has 0 aliphatic carbocycles. The number of fused-ring (bicyclic) bond motifs is 1. The van der Waals surface area contributed by atoms with Gasteiger partial charge >= 0.3 is 5.97 Å². The Morgan fingerprint density at radius 1 is 0.926 bits per heavy atom. The van der Waals surface area contributed by atoms with Crippen LogP contribution in [0.3, 0.4) is 0 Å². The van der Waals surface area contributed by atoms with E-state index in [-0.39, 0.29) is 10.5 Å². The molecule has 6 heteroatoms. The summed E-state index contributed by atoms with van der Waals surface area (Å²) in [6.45, 7) is 3.50. The first-order valence-corrected chi connectivity index (χ1v) is 9.89. The van der Waals surface area contributed by atoms with Crippen molar-refractivity contribution in [1.29, 1.82) is 0 Å². The summed E-state index contributed by atoms with van der Waals surface area (Å²) in [5.74, 6) is -0.183. The molecular weight excluding hydrogens is 362 g/mol. The van der Waals surface area contributed by atoms with Gasteiger partial charge in [0.05, 0.1) is 10.5 Å².